The Morgan fingerprint density at radius 2 is 1.63 bits per heavy atom. The molecule has 1 heterocycles. The summed E-state index contributed by atoms with van der Waals surface area (Å²) in [5, 5.41) is 11.0. The van der Waals surface area contributed by atoms with Crippen LogP contribution in [-0.4, -0.2) is 29.2 Å². The van der Waals surface area contributed by atoms with Gasteiger partial charge in [0.25, 0.3) is 5.91 Å². The van der Waals surface area contributed by atoms with Crippen molar-refractivity contribution in [1.82, 2.24) is 15.8 Å². The molecular weight excluding hydrogens is 520 g/mol. The molecule has 0 aliphatic carbocycles. The van der Waals surface area contributed by atoms with Crippen LogP contribution in [0.5, 0.6) is 5.75 Å². The Morgan fingerprint density at radius 3 is 2.32 bits per heavy atom. The first kappa shape index (κ1) is 26.7. The van der Waals surface area contributed by atoms with Gasteiger partial charge in [0.15, 0.2) is 6.61 Å². The second-order valence-corrected chi connectivity index (χ2v) is 9.61. The largest absolute Gasteiger partial charge is 0.484 e. The van der Waals surface area contributed by atoms with Gasteiger partial charge in [0.1, 0.15) is 16.8 Å². The van der Waals surface area contributed by atoms with Gasteiger partial charge in [-0.25, -0.2) is 4.98 Å². The van der Waals surface area contributed by atoms with Crippen molar-refractivity contribution in [2.45, 2.75) is 11.9 Å². The quantitative estimate of drug-likeness (QED) is 0.223. The SMILES string of the molecule is Cc1ccc(-c2cc(-c3ccccc3)nc(SCC(=O)NNC(=O)COc3ccc(Cl)cc3)c2C#N)cc1. The van der Waals surface area contributed by atoms with Gasteiger partial charge >= 0.3 is 0 Å². The molecule has 9 heteroatoms. The van der Waals surface area contributed by atoms with E-state index in [1.807, 2.05) is 67.6 Å². The summed E-state index contributed by atoms with van der Waals surface area (Å²) in [6.07, 6.45) is 0. The van der Waals surface area contributed by atoms with E-state index in [-0.39, 0.29) is 12.4 Å². The van der Waals surface area contributed by atoms with E-state index in [1.165, 1.54) is 0 Å². The third-order valence-corrected chi connectivity index (χ3v) is 6.62. The van der Waals surface area contributed by atoms with Crippen LogP contribution >= 0.6 is 23.4 Å². The number of nitrogens with one attached hydrogen (secondary N) is 2. The van der Waals surface area contributed by atoms with E-state index in [1.54, 1.807) is 24.3 Å². The molecule has 4 aromatic rings. The van der Waals surface area contributed by atoms with Gasteiger partial charge < -0.3 is 4.74 Å². The van der Waals surface area contributed by atoms with E-state index in [2.05, 4.69) is 16.9 Å². The Balaban J connectivity index is 1.45. The lowest BCUT2D eigenvalue weighted by Crippen LogP contribution is -2.44. The fraction of sp³-hybridized carbons (Fsp3) is 0.103. The van der Waals surface area contributed by atoms with Crippen molar-refractivity contribution in [2.24, 2.45) is 0 Å². The van der Waals surface area contributed by atoms with E-state index in [0.717, 1.165) is 34.0 Å². The summed E-state index contributed by atoms with van der Waals surface area (Å²) >= 11 is 6.95. The molecule has 0 unspecified atom stereocenters. The molecule has 0 bridgehead atoms. The number of ether oxygens (including phenoxy) is 1. The van der Waals surface area contributed by atoms with Gasteiger partial charge in [0.2, 0.25) is 5.91 Å². The fourth-order valence-corrected chi connectivity index (χ4v) is 4.41. The Hall–Kier alpha value is -4.32. The number of halogens is 1. The molecule has 0 saturated heterocycles. The summed E-state index contributed by atoms with van der Waals surface area (Å²) in [5.74, 6) is -0.570. The summed E-state index contributed by atoms with van der Waals surface area (Å²) in [6, 6.07) is 28.2. The van der Waals surface area contributed by atoms with Gasteiger partial charge in [0, 0.05) is 16.1 Å². The Labute approximate surface area is 229 Å². The molecule has 7 nitrogen and oxygen atoms in total. The van der Waals surface area contributed by atoms with Crippen molar-refractivity contribution in [3.05, 3.63) is 101 Å². The maximum Gasteiger partial charge on any atom is 0.276 e. The normalized spacial score (nSPS) is 10.3. The van der Waals surface area contributed by atoms with E-state index in [4.69, 9.17) is 21.3 Å². The number of aromatic nitrogens is 1. The topological polar surface area (TPSA) is 104 Å². The number of thioether (sulfide) groups is 1. The van der Waals surface area contributed by atoms with Crippen LogP contribution in [0.25, 0.3) is 22.4 Å². The zero-order valence-electron chi connectivity index (χ0n) is 20.4. The number of hydrogen-bond donors (Lipinski definition) is 2. The lowest BCUT2D eigenvalue weighted by atomic mass is 9.98. The number of hydrazine groups is 1. The minimum absolute atomic E-state index is 0.0639. The summed E-state index contributed by atoms with van der Waals surface area (Å²) in [6.45, 7) is 1.72. The molecule has 38 heavy (non-hydrogen) atoms. The molecule has 4 rings (SSSR count). The first-order valence-electron chi connectivity index (χ1n) is 11.6. The minimum Gasteiger partial charge on any atom is -0.484 e. The van der Waals surface area contributed by atoms with Gasteiger partial charge in [-0.15, -0.1) is 0 Å². The molecular formula is C29H23ClN4O3S. The summed E-state index contributed by atoms with van der Waals surface area (Å²) in [4.78, 5) is 29.2. The Morgan fingerprint density at radius 1 is 0.947 bits per heavy atom. The molecule has 1 aromatic heterocycles. The van der Waals surface area contributed by atoms with E-state index >= 15 is 0 Å². The smallest absolute Gasteiger partial charge is 0.276 e. The average Bonchev–Trinajstić information content (AvgIpc) is 2.95. The van der Waals surface area contributed by atoms with Gasteiger partial charge in [-0.1, -0.05) is 83.5 Å². The van der Waals surface area contributed by atoms with Gasteiger partial charge in [-0.05, 0) is 42.8 Å². The molecule has 0 radical (unpaired) electrons. The second-order valence-electron chi connectivity index (χ2n) is 8.21. The monoisotopic (exact) mass is 542 g/mol. The highest BCUT2D eigenvalue weighted by atomic mass is 35.5. The van der Waals surface area contributed by atoms with Crippen molar-refractivity contribution in [2.75, 3.05) is 12.4 Å². The Kier molecular flexibility index (Phi) is 8.98. The lowest BCUT2D eigenvalue weighted by molar-refractivity contribution is -0.128. The molecule has 2 N–H and O–H groups in total. The standard InChI is InChI=1S/C29H23ClN4O3S/c1-19-7-9-20(10-8-19)24-15-26(21-5-3-2-4-6-21)32-29(25(24)16-31)38-18-28(36)34-33-27(35)17-37-23-13-11-22(30)12-14-23/h2-15H,17-18H2,1H3,(H,33,35)(H,34,36). The first-order valence-corrected chi connectivity index (χ1v) is 13.0. The number of rotatable bonds is 8. The predicted molar refractivity (Wildman–Crippen MR) is 149 cm³/mol. The summed E-state index contributed by atoms with van der Waals surface area (Å²) in [5.41, 5.74) is 9.37. The van der Waals surface area contributed by atoms with Crippen LogP contribution in [0.15, 0.2) is 90.0 Å². The number of nitriles is 1. The minimum atomic E-state index is -0.526. The number of carbonyl (C=O) groups excluding carboxylic acids is 2. The van der Waals surface area contributed by atoms with E-state index in [9.17, 15) is 14.9 Å². The molecule has 0 aliphatic heterocycles. The van der Waals surface area contributed by atoms with Gasteiger partial charge in [-0.2, -0.15) is 5.26 Å². The third kappa shape index (κ3) is 7.13. The predicted octanol–water partition coefficient (Wildman–Crippen LogP) is 5.57. The van der Waals surface area contributed by atoms with Crippen LogP contribution < -0.4 is 15.6 Å². The molecule has 0 atom stereocenters. The molecule has 0 spiro atoms. The zero-order chi connectivity index (χ0) is 26.9. The highest BCUT2D eigenvalue weighted by Crippen LogP contribution is 2.34. The van der Waals surface area contributed by atoms with E-state index < -0.39 is 11.8 Å². The van der Waals surface area contributed by atoms with Crippen LogP contribution in [0, 0.1) is 18.3 Å². The van der Waals surface area contributed by atoms with Crippen LogP contribution in [-0.2, 0) is 9.59 Å². The van der Waals surface area contributed by atoms with Crippen LogP contribution in [0.4, 0.5) is 0 Å². The molecule has 0 aliphatic rings. The first-order chi connectivity index (χ1) is 18.4. The van der Waals surface area contributed by atoms with Crippen LogP contribution in [0.3, 0.4) is 0 Å². The maximum absolute atomic E-state index is 12.5. The van der Waals surface area contributed by atoms with Crippen molar-refractivity contribution in [3.63, 3.8) is 0 Å². The number of carbonyl (C=O) groups is 2. The van der Waals surface area contributed by atoms with E-state index in [0.29, 0.717) is 27.1 Å². The van der Waals surface area contributed by atoms with Crippen molar-refractivity contribution < 1.29 is 14.3 Å². The fourth-order valence-electron chi connectivity index (χ4n) is 3.48. The zero-order valence-corrected chi connectivity index (χ0v) is 22.0. The number of aryl methyl sites for hydroxylation is 1. The lowest BCUT2D eigenvalue weighted by Gasteiger charge is -2.13. The van der Waals surface area contributed by atoms with Gasteiger partial charge in [-0.3, -0.25) is 20.4 Å². The third-order valence-electron chi connectivity index (χ3n) is 5.40. The highest BCUT2D eigenvalue weighted by Gasteiger charge is 2.17. The summed E-state index contributed by atoms with van der Waals surface area (Å²) < 4.78 is 5.36. The number of hydrogen-bond acceptors (Lipinski definition) is 6. The number of nitrogens with zero attached hydrogens (tertiary/aromatic N) is 2. The molecule has 2 amide bonds. The number of benzene rings is 3. The highest BCUT2D eigenvalue weighted by molar-refractivity contribution is 8.00. The summed E-state index contributed by atoms with van der Waals surface area (Å²) in [7, 11) is 0. The van der Waals surface area contributed by atoms with Crippen molar-refractivity contribution in [1.29, 1.82) is 5.26 Å². The second kappa shape index (κ2) is 12.8. The van der Waals surface area contributed by atoms with Crippen LogP contribution in [0.1, 0.15) is 11.1 Å². The maximum atomic E-state index is 12.5. The molecule has 3 aromatic carbocycles. The van der Waals surface area contributed by atoms with Crippen molar-refractivity contribution in [3.8, 4) is 34.2 Å². The van der Waals surface area contributed by atoms with Crippen LogP contribution in [0.2, 0.25) is 5.02 Å². The van der Waals surface area contributed by atoms with Gasteiger partial charge in [0.05, 0.1) is 17.0 Å². The molecule has 0 saturated carbocycles. The average molecular weight is 543 g/mol. The Bertz CT molecular complexity index is 1470. The number of amides is 2. The molecule has 190 valence electrons. The number of pyridine rings is 1. The molecule has 0 fully saturated rings. The van der Waals surface area contributed by atoms with Crippen molar-refractivity contribution >= 4 is 35.2 Å².